The molecule has 3 aromatic heterocycles. The van der Waals surface area contributed by atoms with Gasteiger partial charge in [-0.1, -0.05) is 66.2 Å². The number of pyridine rings is 1. The highest BCUT2D eigenvalue weighted by atomic mass is 35.5. The maximum Gasteiger partial charge on any atom is 0.138 e. The van der Waals surface area contributed by atoms with Crippen LogP contribution in [-0.4, -0.2) is 29.8 Å². The van der Waals surface area contributed by atoms with Crippen LogP contribution in [0.5, 0.6) is 0 Å². The van der Waals surface area contributed by atoms with E-state index < -0.39 is 0 Å². The maximum absolute atomic E-state index is 6.14. The van der Waals surface area contributed by atoms with Crippen LogP contribution in [0.15, 0.2) is 91.4 Å². The highest BCUT2D eigenvalue weighted by Gasteiger charge is 2.08. The molecule has 38 heavy (non-hydrogen) atoms. The molecule has 6 nitrogen and oxygen atoms in total. The number of fused-ring (bicyclic) bond motifs is 2. The van der Waals surface area contributed by atoms with Crippen molar-refractivity contribution in [1.29, 1.82) is 0 Å². The van der Waals surface area contributed by atoms with Crippen molar-refractivity contribution in [1.82, 2.24) is 29.8 Å². The number of aryl methyl sites for hydroxylation is 2. The zero-order valence-corrected chi connectivity index (χ0v) is 22.2. The predicted molar refractivity (Wildman–Crippen MR) is 157 cm³/mol. The molecule has 6 aromatic rings. The van der Waals surface area contributed by atoms with E-state index in [2.05, 4.69) is 87.0 Å². The third-order valence-corrected chi connectivity index (χ3v) is 6.76. The molecule has 8 heteroatoms. The van der Waals surface area contributed by atoms with Crippen molar-refractivity contribution in [3.05, 3.63) is 119 Å². The van der Waals surface area contributed by atoms with Crippen molar-refractivity contribution in [2.45, 2.75) is 25.9 Å². The van der Waals surface area contributed by atoms with Gasteiger partial charge in [0.1, 0.15) is 6.33 Å². The van der Waals surface area contributed by atoms with E-state index in [-0.39, 0.29) is 12.4 Å². The summed E-state index contributed by atoms with van der Waals surface area (Å²) in [5, 5.41) is 14.4. The molecule has 0 saturated carbocycles. The number of tetrazole rings is 1. The lowest BCUT2D eigenvalue weighted by Crippen LogP contribution is -2.03. The molecular formula is C30H26Cl2N6. The molecule has 6 rings (SSSR count). The Morgan fingerprint density at radius 1 is 0.868 bits per heavy atom. The van der Waals surface area contributed by atoms with Gasteiger partial charge in [0.05, 0.1) is 16.7 Å². The summed E-state index contributed by atoms with van der Waals surface area (Å²) in [7, 11) is 0. The van der Waals surface area contributed by atoms with Gasteiger partial charge in [-0.2, -0.15) is 0 Å². The van der Waals surface area contributed by atoms with Crippen molar-refractivity contribution in [2.24, 2.45) is 0 Å². The van der Waals surface area contributed by atoms with E-state index >= 15 is 0 Å². The predicted octanol–water partition coefficient (Wildman–Crippen LogP) is 7.10. The molecule has 0 saturated heterocycles. The summed E-state index contributed by atoms with van der Waals surface area (Å²) in [6.07, 6.45) is 9.95. The highest BCUT2D eigenvalue weighted by Crippen LogP contribution is 2.24. The standard InChI is InChI=1S/C30H25ClN6.ClH/c31-27-12-10-24-11-14-28(33-29(24)19-27)13-9-22-4-1-5-23(18-22)20-36-17-15-26-7-2-6-25(30(26)36)8-3-16-37-21-32-34-35-37;/h1-2,4-7,9-15,17-19,21H,3,8,16,20H2;1H/b13-9+;. The Morgan fingerprint density at radius 3 is 2.66 bits per heavy atom. The number of rotatable bonds is 8. The number of para-hydroxylation sites is 1. The molecule has 190 valence electrons. The molecule has 0 unspecified atom stereocenters. The van der Waals surface area contributed by atoms with Crippen LogP contribution in [0, 0.1) is 0 Å². The van der Waals surface area contributed by atoms with Crippen LogP contribution in [0.25, 0.3) is 34.0 Å². The highest BCUT2D eigenvalue weighted by molar-refractivity contribution is 6.31. The molecular weight excluding hydrogens is 515 g/mol. The number of hydrogen-bond donors (Lipinski definition) is 0. The average molecular weight is 541 g/mol. The molecule has 0 amide bonds. The van der Waals surface area contributed by atoms with Gasteiger partial charge in [-0.05, 0) is 81.8 Å². The van der Waals surface area contributed by atoms with Crippen LogP contribution in [0.2, 0.25) is 5.02 Å². The Morgan fingerprint density at radius 2 is 1.76 bits per heavy atom. The first kappa shape index (κ1) is 25.6. The van der Waals surface area contributed by atoms with Crippen LogP contribution in [0.3, 0.4) is 0 Å². The average Bonchev–Trinajstić information content (AvgIpc) is 3.58. The Kier molecular flexibility index (Phi) is 7.82. The number of hydrogen-bond acceptors (Lipinski definition) is 4. The summed E-state index contributed by atoms with van der Waals surface area (Å²) in [6, 6.07) is 27.3. The third kappa shape index (κ3) is 5.77. The summed E-state index contributed by atoms with van der Waals surface area (Å²) in [4.78, 5) is 4.73. The molecule has 0 aliphatic carbocycles. The number of nitrogens with zero attached hydrogens (tertiary/aromatic N) is 6. The van der Waals surface area contributed by atoms with Gasteiger partial charge in [-0.15, -0.1) is 17.5 Å². The largest absolute Gasteiger partial charge is 0.343 e. The van der Waals surface area contributed by atoms with Crippen LogP contribution >= 0.6 is 24.0 Å². The van der Waals surface area contributed by atoms with E-state index in [4.69, 9.17) is 16.6 Å². The first-order valence-electron chi connectivity index (χ1n) is 12.3. The summed E-state index contributed by atoms with van der Waals surface area (Å²) in [5.74, 6) is 0. The first-order valence-corrected chi connectivity index (χ1v) is 12.7. The van der Waals surface area contributed by atoms with E-state index in [9.17, 15) is 0 Å². The van der Waals surface area contributed by atoms with E-state index in [1.54, 1.807) is 11.0 Å². The molecule has 0 spiro atoms. The minimum Gasteiger partial charge on any atom is -0.343 e. The van der Waals surface area contributed by atoms with Crippen LogP contribution in [0.4, 0.5) is 0 Å². The molecule has 3 heterocycles. The van der Waals surface area contributed by atoms with Gasteiger partial charge < -0.3 is 4.57 Å². The topological polar surface area (TPSA) is 61.4 Å². The quantitative estimate of drug-likeness (QED) is 0.206. The summed E-state index contributed by atoms with van der Waals surface area (Å²) in [6.45, 7) is 1.61. The lowest BCUT2D eigenvalue weighted by atomic mass is 10.1. The molecule has 0 bridgehead atoms. The molecule has 0 atom stereocenters. The monoisotopic (exact) mass is 540 g/mol. The van der Waals surface area contributed by atoms with Crippen LogP contribution in [0.1, 0.15) is 28.8 Å². The second kappa shape index (κ2) is 11.6. The SMILES string of the molecule is Cl.Clc1ccc2ccc(/C=C/c3cccc(Cn4ccc5cccc(CCCn6cnnn6)c54)c3)nc2c1. The van der Waals surface area contributed by atoms with Crippen molar-refractivity contribution in [2.75, 3.05) is 0 Å². The molecule has 0 aliphatic heterocycles. The van der Waals surface area contributed by atoms with E-state index in [1.807, 2.05) is 30.3 Å². The molecule has 0 fully saturated rings. The minimum absolute atomic E-state index is 0. The normalized spacial score (nSPS) is 11.4. The van der Waals surface area contributed by atoms with Gasteiger partial charge in [-0.25, -0.2) is 9.67 Å². The Balaban J connectivity index is 0.00000294. The van der Waals surface area contributed by atoms with Gasteiger partial charge in [0.15, 0.2) is 0 Å². The summed E-state index contributed by atoms with van der Waals surface area (Å²) < 4.78 is 4.12. The van der Waals surface area contributed by atoms with Gasteiger partial charge in [0.2, 0.25) is 0 Å². The fourth-order valence-corrected chi connectivity index (χ4v) is 4.93. The van der Waals surface area contributed by atoms with Gasteiger partial charge in [0.25, 0.3) is 0 Å². The molecule has 3 aromatic carbocycles. The van der Waals surface area contributed by atoms with E-state index in [0.717, 1.165) is 48.1 Å². The van der Waals surface area contributed by atoms with Crippen LogP contribution < -0.4 is 0 Å². The van der Waals surface area contributed by atoms with E-state index in [1.165, 1.54) is 22.0 Å². The van der Waals surface area contributed by atoms with Crippen molar-refractivity contribution in [3.8, 4) is 0 Å². The second-order valence-corrected chi connectivity index (χ2v) is 9.56. The fraction of sp³-hybridized carbons (Fsp3) is 0.133. The van der Waals surface area contributed by atoms with Crippen molar-refractivity contribution in [3.63, 3.8) is 0 Å². The lowest BCUT2D eigenvalue weighted by molar-refractivity contribution is 0.559. The second-order valence-electron chi connectivity index (χ2n) is 9.13. The van der Waals surface area contributed by atoms with Crippen molar-refractivity contribution >= 4 is 58.0 Å². The third-order valence-electron chi connectivity index (χ3n) is 6.52. The minimum atomic E-state index is 0. The van der Waals surface area contributed by atoms with E-state index in [0.29, 0.717) is 5.02 Å². The zero-order valence-electron chi connectivity index (χ0n) is 20.6. The summed E-state index contributed by atoms with van der Waals surface area (Å²) in [5.41, 5.74) is 6.83. The summed E-state index contributed by atoms with van der Waals surface area (Å²) >= 11 is 6.14. The molecule has 0 N–H and O–H groups in total. The Bertz CT molecular complexity index is 1710. The Hall–Kier alpha value is -4.00. The van der Waals surface area contributed by atoms with Crippen LogP contribution in [-0.2, 0) is 19.5 Å². The van der Waals surface area contributed by atoms with Gasteiger partial charge in [-0.3, -0.25) is 0 Å². The number of halogens is 2. The Labute approximate surface area is 232 Å². The number of benzene rings is 3. The zero-order chi connectivity index (χ0) is 25.0. The lowest BCUT2D eigenvalue weighted by Gasteiger charge is -2.11. The first-order chi connectivity index (χ1) is 18.2. The van der Waals surface area contributed by atoms with Gasteiger partial charge >= 0.3 is 0 Å². The molecule has 0 radical (unpaired) electrons. The number of aromatic nitrogens is 6. The molecule has 0 aliphatic rings. The van der Waals surface area contributed by atoms with Crippen molar-refractivity contribution < 1.29 is 0 Å². The maximum atomic E-state index is 6.14. The van der Waals surface area contributed by atoms with Gasteiger partial charge in [0, 0.05) is 29.7 Å². The smallest absolute Gasteiger partial charge is 0.138 e. The fourth-order valence-electron chi connectivity index (χ4n) is 4.76.